The normalized spacial score (nSPS) is 35.6. The van der Waals surface area contributed by atoms with Gasteiger partial charge in [-0.05, 0) is 67.6 Å². The molecule has 0 amide bonds. The maximum absolute atomic E-state index is 11.7. The summed E-state index contributed by atoms with van der Waals surface area (Å²) in [6.07, 6.45) is 14.8. The summed E-state index contributed by atoms with van der Waals surface area (Å²) in [5.41, 5.74) is 0.00772. The molecule has 0 aromatic carbocycles. The number of ether oxygens (including phenoxy) is 2. The summed E-state index contributed by atoms with van der Waals surface area (Å²) in [7, 11) is 0. The van der Waals surface area contributed by atoms with Crippen molar-refractivity contribution in [2.45, 2.75) is 151 Å². The predicted molar refractivity (Wildman–Crippen MR) is 144 cm³/mol. The summed E-state index contributed by atoms with van der Waals surface area (Å²) in [6.45, 7) is 20.3. The van der Waals surface area contributed by atoms with Gasteiger partial charge in [-0.25, -0.2) is 0 Å². The molecule has 9 unspecified atom stereocenters. The number of hydrogen-bond acceptors (Lipinski definition) is 3. The van der Waals surface area contributed by atoms with Gasteiger partial charge < -0.3 is 9.47 Å². The summed E-state index contributed by atoms with van der Waals surface area (Å²) in [5.74, 6) is 4.05. The second-order valence-corrected chi connectivity index (χ2v) is 13.2. The summed E-state index contributed by atoms with van der Waals surface area (Å²) >= 11 is 0. The highest BCUT2D eigenvalue weighted by Gasteiger charge is 2.51. The van der Waals surface area contributed by atoms with E-state index in [4.69, 9.17) is 9.47 Å². The largest absolute Gasteiger partial charge is 0.462 e. The van der Waals surface area contributed by atoms with Gasteiger partial charge >= 0.3 is 5.97 Å². The van der Waals surface area contributed by atoms with Crippen molar-refractivity contribution >= 4 is 5.97 Å². The first kappa shape index (κ1) is 29.7. The Hall–Kier alpha value is -0.570. The quantitative estimate of drug-likeness (QED) is 0.248. The molecule has 0 radical (unpaired) electrons. The van der Waals surface area contributed by atoms with E-state index >= 15 is 0 Å². The second-order valence-electron chi connectivity index (χ2n) is 13.2. The van der Waals surface area contributed by atoms with Gasteiger partial charge in [0.1, 0.15) is 6.10 Å². The van der Waals surface area contributed by atoms with Crippen molar-refractivity contribution in [2.24, 2.45) is 41.4 Å². The Morgan fingerprint density at radius 1 is 0.882 bits per heavy atom. The topological polar surface area (TPSA) is 35.5 Å². The van der Waals surface area contributed by atoms with E-state index < -0.39 is 0 Å². The van der Waals surface area contributed by atoms with Gasteiger partial charge in [0.05, 0.1) is 11.7 Å². The lowest BCUT2D eigenvalue weighted by Gasteiger charge is -2.54. The lowest BCUT2D eigenvalue weighted by molar-refractivity contribution is -0.222. The van der Waals surface area contributed by atoms with E-state index in [-0.39, 0.29) is 17.7 Å². The highest BCUT2D eigenvalue weighted by Crippen LogP contribution is 2.49. The van der Waals surface area contributed by atoms with E-state index in [1.54, 1.807) is 6.92 Å². The molecule has 0 spiro atoms. The van der Waals surface area contributed by atoms with E-state index in [1.807, 2.05) is 0 Å². The lowest BCUT2D eigenvalue weighted by Crippen LogP contribution is -2.57. The molecule has 1 aliphatic carbocycles. The third-order valence-corrected chi connectivity index (χ3v) is 9.49. The molecule has 2 fully saturated rings. The Morgan fingerprint density at radius 3 is 2.00 bits per heavy atom. The van der Waals surface area contributed by atoms with Gasteiger partial charge in [-0.3, -0.25) is 4.79 Å². The molecule has 0 N–H and O–H groups in total. The highest BCUT2D eigenvalue weighted by atomic mass is 16.5. The van der Waals surface area contributed by atoms with Gasteiger partial charge in [0, 0.05) is 6.92 Å². The Kier molecular flexibility index (Phi) is 11.9. The summed E-state index contributed by atoms with van der Waals surface area (Å²) in [4.78, 5) is 11.7. The molecule has 0 aromatic heterocycles. The fourth-order valence-electron chi connectivity index (χ4n) is 6.88. The van der Waals surface area contributed by atoms with Crippen LogP contribution in [0.25, 0.3) is 0 Å². The molecule has 3 nitrogen and oxygen atoms in total. The third kappa shape index (κ3) is 8.82. The molecule has 2 rings (SSSR count). The average Bonchev–Trinajstić information content (AvgIpc) is 2.74. The Labute approximate surface area is 212 Å². The maximum Gasteiger partial charge on any atom is 0.302 e. The van der Waals surface area contributed by atoms with Crippen molar-refractivity contribution in [3.05, 3.63) is 0 Å². The molecule has 1 saturated carbocycles. The molecule has 1 heterocycles. The van der Waals surface area contributed by atoms with Gasteiger partial charge in [0.2, 0.25) is 0 Å². The molecule has 200 valence electrons. The van der Waals surface area contributed by atoms with Crippen LogP contribution in [0.5, 0.6) is 0 Å². The van der Waals surface area contributed by atoms with Crippen molar-refractivity contribution in [1.82, 2.24) is 0 Å². The molecule has 9 atom stereocenters. The number of hydrogen-bond donors (Lipinski definition) is 0. The Bertz CT molecular complexity index is 601. The van der Waals surface area contributed by atoms with Crippen LogP contribution in [0.1, 0.15) is 133 Å². The van der Waals surface area contributed by atoms with Crippen molar-refractivity contribution in [1.29, 1.82) is 0 Å². The summed E-state index contributed by atoms with van der Waals surface area (Å²) in [5, 5.41) is 0. The van der Waals surface area contributed by atoms with Gasteiger partial charge in [-0.2, -0.15) is 0 Å². The molecular formula is C31H58O3. The molecule has 1 aliphatic heterocycles. The smallest absolute Gasteiger partial charge is 0.302 e. The lowest BCUT2D eigenvalue weighted by atomic mass is 9.62. The summed E-state index contributed by atoms with van der Waals surface area (Å²) < 4.78 is 12.7. The van der Waals surface area contributed by atoms with Gasteiger partial charge in [-0.15, -0.1) is 0 Å². The van der Waals surface area contributed by atoms with Crippen molar-refractivity contribution in [3.63, 3.8) is 0 Å². The standard InChI is InChI=1S/C31H58O3/c1-21(2)13-10-14-22(3)15-11-16-23(4)17-12-19-31(9)20-18-28-26(7)29(33-27(8)32)24(5)25(6)30(28)34-31/h21-26,28-30H,10-20H2,1-9H3. The van der Waals surface area contributed by atoms with Crippen molar-refractivity contribution in [3.8, 4) is 0 Å². The van der Waals surface area contributed by atoms with Gasteiger partial charge in [0.15, 0.2) is 0 Å². The van der Waals surface area contributed by atoms with Gasteiger partial charge in [-0.1, -0.05) is 99.8 Å². The zero-order chi connectivity index (χ0) is 25.5. The van der Waals surface area contributed by atoms with Crippen LogP contribution in [0.3, 0.4) is 0 Å². The van der Waals surface area contributed by atoms with E-state index in [2.05, 4.69) is 55.4 Å². The number of carbonyl (C=O) groups excluding carboxylic acids is 1. The van der Waals surface area contributed by atoms with Crippen LogP contribution in [0.15, 0.2) is 0 Å². The summed E-state index contributed by atoms with van der Waals surface area (Å²) in [6, 6.07) is 0. The zero-order valence-corrected chi connectivity index (χ0v) is 24.2. The van der Waals surface area contributed by atoms with Crippen LogP contribution in [-0.2, 0) is 14.3 Å². The zero-order valence-electron chi connectivity index (χ0n) is 24.2. The minimum absolute atomic E-state index is 0.00772. The van der Waals surface area contributed by atoms with E-state index in [9.17, 15) is 4.79 Å². The SMILES string of the molecule is CC(=O)OC1C(C)C(C)C2OC(C)(CCCC(C)CCCC(C)CCCC(C)C)CCC2C1C. The van der Waals surface area contributed by atoms with Crippen LogP contribution >= 0.6 is 0 Å². The van der Waals surface area contributed by atoms with E-state index in [0.29, 0.717) is 29.8 Å². The molecular weight excluding hydrogens is 420 g/mol. The van der Waals surface area contributed by atoms with Crippen molar-refractivity contribution < 1.29 is 14.3 Å². The second kappa shape index (κ2) is 13.7. The number of rotatable bonds is 13. The molecule has 0 aromatic rings. The molecule has 1 saturated heterocycles. The van der Waals surface area contributed by atoms with Crippen LogP contribution < -0.4 is 0 Å². The maximum atomic E-state index is 11.7. The Balaban J connectivity index is 1.72. The minimum Gasteiger partial charge on any atom is -0.462 e. The van der Waals surface area contributed by atoms with Crippen LogP contribution in [0.4, 0.5) is 0 Å². The first-order valence-corrected chi connectivity index (χ1v) is 14.8. The first-order chi connectivity index (χ1) is 15.9. The van der Waals surface area contributed by atoms with Gasteiger partial charge in [0.25, 0.3) is 0 Å². The fraction of sp³-hybridized carbons (Fsp3) is 0.968. The minimum atomic E-state index is -0.148. The molecule has 34 heavy (non-hydrogen) atoms. The first-order valence-electron chi connectivity index (χ1n) is 14.8. The van der Waals surface area contributed by atoms with Crippen LogP contribution in [-0.4, -0.2) is 23.8 Å². The number of fused-ring (bicyclic) bond motifs is 1. The molecule has 2 aliphatic rings. The van der Waals surface area contributed by atoms with Crippen LogP contribution in [0, 0.1) is 41.4 Å². The Morgan fingerprint density at radius 2 is 1.44 bits per heavy atom. The number of esters is 1. The molecule has 0 bridgehead atoms. The molecule has 3 heteroatoms. The predicted octanol–water partition coefficient (Wildman–Crippen LogP) is 8.83. The fourth-order valence-corrected chi connectivity index (χ4v) is 6.88. The van der Waals surface area contributed by atoms with E-state index in [1.165, 1.54) is 64.2 Å². The monoisotopic (exact) mass is 478 g/mol. The average molecular weight is 479 g/mol. The van der Waals surface area contributed by atoms with Crippen molar-refractivity contribution in [2.75, 3.05) is 0 Å². The van der Waals surface area contributed by atoms with Crippen LogP contribution in [0.2, 0.25) is 0 Å². The van der Waals surface area contributed by atoms with E-state index in [0.717, 1.165) is 24.2 Å². The highest BCUT2D eigenvalue weighted by molar-refractivity contribution is 5.66. The number of carbonyl (C=O) groups is 1. The third-order valence-electron chi connectivity index (χ3n) is 9.49.